The number of benzene rings is 2. The lowest BCUT2D eigenvalue weighted by atomic mass is 10.2. The number of thioether (sulfide) groups is 1. The van der Waals surface area contributed by atoms with Crippen LogP contribution < -0.4 is 16.6 Å². The first-order valence-corrected chi connectivity index (χ1v) is 9.72. The fourth-order valence-electron chi connectivity index (χ4n) is 2.25. The number of hydrogen-bond donors (Lipinski definition) is 3. The minimum atomic E-state index is -0.569. The molecule has 3 rings (SSSR count). The first-order chi connectivity index (χ1) is 14.5. The molecule has 1 aromatic heterocycles. The minimum absolute atomic E-state index is 0.0791. The summed E-state index contributed by atoms with van der Waals surface area (Å²) in [5.41, 5.74) is 3.26. The van der Waals surface area contributed by atoms with Crippen LogP contribution in [0.5, 0.6) is 0 Å². The van der Waals surface area contributed by atoms with Crippen molar-refractivity contribution in [2.45, 2.75) is 5.16 Å². The van der Waals surface area contributed by atoms with Crippen molar-refractivity contribution in [3.8, 4) is 0 Å². The molecule has 0 bridgehead atoms. The summed E-state index contributed by atoms with van der Waals surface area (Å²) >= 11 is 7.05. The molecular weight excluding hydrogens is 432 g/mol. The van der Waals surface area contributed by atoms with Gasteiger partial charge in [0.15, 0.2) is 0 Å². The number of halogens is 1. The summed E-state index contributed by atoms with van der Waals surface area (Å²) in [5, 5.41) is 26.0. The summed E-state index contributed by atoms with van der Waals surface area (Å²) in [6.45, 7) is 0. The Balaban J connectivity index is 1.57. The van der Waals surface area contributed by atoms with Gasteiger partial charge in [-0.15, -0.1) is 10.2 Å². The van der Waals surface area contributed by atoms with Gasteiger partial charge in [0, 0.05) is 16.7 Å². The highest BCUT2D eigenvalue weighted by Crippen LogP contribution is 2.24. The maximum absolute atomic E-state index is 12.1. The highest BCUT2D eigenvalue weighted by Gasteiger charge is 2.16. The number of rotatable bonds is 8. The number of amides is 1. The number of hydrogen-bond acceptors (Lipinski definition) is 9. The van der Waals surface area contributed by atoms with Crippen molar-refractivity contribution in [1.29, 1.82) is 0 Å². The fraction of sp³-hybridized carbons (Fsp3) is 0.0588. The molecule has 3 aromatic rings. The second-order valence-electron chi connectivity index (χ2n) is 5.68. The molecule has 1 amide bonds. The molecule has 0 aliphatic carbocycles. The summed E-state index contributed by atoms with van der Waals surface area (Å²) in [6, 6.07) is 13.0. The molecule has 0 atom stereocenters. The Morgan fingerprint density at radius 3 is 2.77 bits per heavy atom. The number of carbonyl (C=O) groups is 1. The van der Waals surface area contributed by atoms with Crippen LogP contribution in [-0.2, 0) is 4.79 Å². The molecule has 0 aliphatic heterocycles. The molecule has 11 nitrogen and oxygen atoms in total. The van der Waals surface area contributed by atoms with Gasteiger partial charge in [0.2, 0.25) is 11.1 Å². The van der Waals surface area contributed by atoms with Crippen molar-refractivity contribution in [1.82, 2.24) is 14.9 Å². The molecule has 154 valence electrons. The Morgan fingerprint density at radius 1 is 1.27 bits per heavy atom. The van der Waals surface area contributed by atoms with Crippen molar-refractivity contribution in [3.05, 3.63) is 69.2 Å². The van der Waals surface area contributed by atoms with Crippen LogP contribution in [0.1, 0.15) is 5.56 Å². The standard InChI is InChI=1S/C17H15ClN8O3S/c18-12-6-2-1-5-11(12)9-20-22-16-23-24-17(25(16)19)30-10-15(27)21-13-7-3-4-8-14(13)26(28)29/h1-9H,10,19H2,(H,21,27)(H,22,23)/b20-9+. The van der Waals surface area contributed by atoms with E-state index in [1.807, 2.05) is 6.07 Å². The second-order valence-corrected chi connectivity index (χ2v) is 7.03. The van der Waals surface area contributed by atoms with Crippen molar-refractivity contribution in [3.63, 3.8) is 0 Å². The van der Waals surface area contributed by atoms with Crippen molar-refractivity contribution in [2.75, 3.05) is 22.3 Å². The molecule has 0 radical (unpaired) electrons. The quantitative estimate of drug-likeness (QED) is 0.157. The molecule has 13 heteroatoms. The van der Waals surface area contributed by atoms with Crippen LogP contribution in [0, 0.1) is 10.1 Å². The molecule has 1 heterocycles. The zero-order valence-electron chi connectivity index (χ0n) is 15.2. The predicted octanol–water partition coefficient (Wildman–Crippen LogP) is 2.73. The number of nitrogen functional groups attached to an aromatic ring is 1. The van der Waals surface area contributed by atoms with E-state index in [0.717, 1.165) is 16.4 Å². The van der Waals surface area contributed by atoms with E-state index in [0.29, 0.717) is 10.6 Å². The first kappa shape index (κ1) is 21.1. The number of para-hydroxylation sites is 2. The topological polar surface area (TPSA) is 153 Å². The largest absolute Gasteiger partial charge is 0.334 e. The number of nitrogens with zero attached hydrogens (tertiary/aromatic N) is 5. The van der Waals surface area contributed by atoms with Gasteiger partial charge in [-0.25, -0.2) is 10.1 Å². The van der Waals surface area contributed by atoms with Gasteiger partial charge in [-0.2, -0.15) is 5.10 Å². The number of nitro groups is 1. The van der Waals surface area contributed by atoms with Gasteiger partial charge >= 0.3 is 0 Å². The number of aromatic nitrogens is 3. The molecule has 4 N–H and O–H groups in total. The molecular formula is C17H15ClN8O3S. The van der Waals surface area contributed by atoms with Crippen LogP contribution in [-0.4, -0.2) is 37.7 Å². The molecule has 0 saturated heterocycles. The summed E-state index contributed by atoms with van der Waals surface area (Å²) in [6.07, 6.45) is 1.50. The number of nitro benzene ring substituents is 1. The van der Waals surface area contributed by atoms with E-state index in [-0.39, 0.29) is 28.2 Å². The Morgan fingerprint density at radius 2 is 2.00 bits per heavy atom. The highest BCUT2D eigenvalue weighted by atomic mass is 35.5. The predicted molar refractivity (Wildman–Crippen MR) is 115 cm³/mol. The van der Waals surface area contributed by atoms with E-state index in [9.17, 15) is 14.9 Å². The minimum Gasteiger partial charge on any atom is -0.334 e. The van der Waals surface area contributed by atoms with Gasteiger partial charge in [0.05, 0.1) is 16.9 Å². The van der Waals surface area contributed by atoms with Gasteiger partial charge in [-0.1, -0.05) is 53.7 Å². The van der Waals surface area contributed by atoms with Crippen LogP contribution >= 0.6 is 23.4 Å². The third-order valence-electron chi connectivity index (χ3n) is 3.65. The number of nitrogens with two attached hydrogens (primary N) is 1. The van der Waals surface area contributed by atoms with Crippen LogP contribution in [0.3, 0.4) is 0 Å². The number of anilines is 2. The Hall–Kier alpha value is -3.64. The number of nitrogens with one attached hydrogen (secondary N) is 2. The maximum Gasteiger partial charge on any atom is 0.292 e. The van der Waals surface area contributed by atoms with E-state index < -0.39 is 10.8 Å². The van der Waals surface area contributed by atoms with Crippen LogP contribution in [0.2, 0.25) is 5.02 Å². The van der Waals surface area contributed by atoms with Gasteiger partial charge in [0.25, 0.3) is 11.6 Å². The summed E-state index contributed by atoms with van der Waals surface area (Å²) < 4.78 is 1.13. The molecule has 2 aromatic carbocycles. The lowest BCUT2D eigenvalue weighted by molar-refractivity contribution is -0.383. The van der Waals surface area contributed by atoms with E-state index in [1.54, 1.807) is 24.3 Å². The number of hydrazone groups is 1. The Bertz CT molecular complexity index is 1100. The Kier molecular flexibility index (Phi) is 6.83. The molecule has 0 aliphatic rings. The first-order valence-electron chi connectivity index (χ1n) is 8.36. The summed E-state index contributed by atoms with van der Waals surface area (Å²) in [4.78, 5) is 22.6. The average Bonchev–Trinajstić information content (AvgIpc) is 3.08. The van der Waals surface area contributed by atoms with Gasteiger partial charge < -0.3 is 11.2 Å². The second kappa shape index (κ2) is 9.71. The lowest BCUT2D eigenvalue weighted by Crippen LogP contribution is -2.17. The third-order valence-corrected chi connectivity index (χ3v) is 4.93. The van der Waals surface area contributed by atoms with Gasteiger partial charge in [-0.3, -0.25) is 14.9 Å². The fourth-order valence-corrected chi connectivity index (χ4v) is 3.09. The van der Waals surface area contributed by atoms with E-state index in [4.69, 9.17) is 17.4 Å². The van der Waals surface area contributed by atoms with Gasteiger partial charge in [0.1, 0.15) is 5.69 Å². The van der Waals surface area contributed by atoms with E-state index >= 15 is 0 Å². The third kappa shape index (κ3) is 5.24. The van der Waals surface area contributed by atoms with Crippen molar-refractivity contribution < 1.29 is 9.72 Å². The summed E-state index contributed by atoms with van der Waals surface area (Å²) in [5.74, 6) is 5.52. The lowest BCUT2D eigenvalue weighted by Gasteiger charge is -2.06. The molecule has 0 unspecified atom stereocenters. The monoisotopic (exact) mass is 446 g/mol. The summed E-state index contributed by atoms with van der Waals surface area (Å²) in [7, 11) is 0. The molecule has 0 spiro atoms. The SMILES string of the molecule is Nn1c(N/N=C/c2ccccc2Cl)nnc1SCC(=O)Nc1ccccc1[N+](=O)[O-]. The normalized spacial score (nSPS) is 10.8. The van der Waals surface area contributed by atoms with Crippen LogP contribution in [0.15, 0.2) is 58.8 Å². The smallest absolute Gasteiger partial charge is 0.292 e. The zero-order valence-corrected chi connectivity index (χ0v) is 16.8. The maximum atomic E-state index is 12.1. The van der Waals surface area contributed by atoms with E-state index in [1.165, 1.54) is 24.4 Å². The van der Waals surface area contributed by atoms with Gasteiger partial charge in [-0.05, 0) is 12.1 Å². The number of carbonyl (C=O) groups excluding carboxylic acids is 1. The zero-order chi connectivity index (χ0) is 21.5. The molecule has 0 fully saturated rings. The van der Waals surface area contributed by atoms with Crippen molar-refractivity contribution >= 4 is 52.8 Å². The van der Waals surface area contributed by atoms with E-state index in [2.05, 4.69) is 26.0 Å². The van der Waals surface area contributed by atoms with Crippen LogP contribution in [0.4, 0.5) is 17.3 Å². The Labute approximate surface area is 179 Å². The molecule has 0 saturated carbocycles. The average molecular weight is 447 g/mol. The van der Waals surface area contributed by atoms with Crippen LogP contribution in [0.25, 0.3) is 0 Å². The highest BCUT2D eigenvalue weighted by molar-refractivity contribution is 7.99. The molecule has 30 heavy (non-hydrogen) atoms. The van der Waals surface area contributed by atoms with Crippen molar-refractivity contribution in [2.24, 2.45) is 5.10 Å².